The van der Waals surface area contributed by atoms with Crippen LogP contribution in [0.15, 0.2) is 48.5 Å². The zero-order valence-electron chi connectivity index (χ0n) is 17.8. The van der Waals surface area contributed by atoms with Crippen molar-refractivity contribution in [3.63, 3.8) is 0 Å². The van der Waals surface area contributed by atoms with Gasteiger partial charge in [-0.2, -0.15) is 0 Å². The summed E-state index contributed by atoms with van der Waals surface area (Å²) in [5.74, 6) is -2.60. The highest BCUT2D eigenvalue weighted by molar-refractivity contribution is 6.34. The number of halogens is 3. The molecule has 0 bridgehead atoms. The Morgan fingerprint density at radius 1 is 0.788 bits per heavy atom. The molecular formula is C23H19ClF2N2O5. The van der Waals surface area contributed by atoms with Crippen LogP contribution in [0, 0.1) is 11.6 Å². The number of carbonyl (C=O) groups excluding carboxylic acids is 2. The Bertz CT molecular complexity index is 1190. The van der Waals surface area contributed by atoms with Crippen LogP contribution >= 0.6 is 11.6 Å². The second-order valence-electron chi connectivity index (χ2n) is 6.65. The molecule has 0 radical (unpaired) electrons. The van der Waals surface area contributed by atoms with E-state index in [2.05, 4.69) is 10.6 Å². The van der Waals surface area contributed by atoms with Crippen molar-refractivity contribution in [1.29, 1.82) is 0 Å². The molecule has 10 heteroatoms. The lowest BCUT2D eigenvalue weighted by Crippen LogP contribution is -2.15. The second kappa shape index (κ2) is 10.2. The quantitative estimate of drug-likeness (QED) is 0.461. The summed E-state index contributed by atoms with van der Waals surface area (Å²) in [5.41, 5.74) is 0.668. The van der Waals surface area contributed by atoms with Gasteiger partial charge in [-0.3, -0.25) is 9.59 Å². The molecule has 2 N–H and O–H groups in total. The second-order valence-corrected chi connectivity index (χ2v) is 7.06. The van der Waals surface area contributed by atoms with Gasteiger partial charge >= 0.3 is 0 Å². The summed E-state index contributed by atoms with van der Waals surface area (Å²) in [5, 5.41) is 4.99. The number of rotatable bonds is 7. The lowest BCUT2D eigenvalue weighted by Gasteiger charge is -2.14. The van der Waals surface area contributed by atoms with Crippen LogP contribution in [0.1, 0.15) is 20.7 Å². The third kappa shape index (κ3) is 5.32. The van der Waals surface area contributed by atoms with Gasteiger partial charge in [0.2, 0.25) is 5.75 Å². The van der Waals surface area contributed by atoms with Gasteiger partial charge in [0.25, 0.3) is 11.8 Å². The average molecular weight is 477 g/mol. The van der Waals surface area contributed by atoms with Gasteiger partial charge in [0.15, 0.2) is 23.1 Å². The van der Waals surface area contributed by atoms with Crippen LogP contribution in [0.5, 0.6) is 17.2 Å². The van der Waals surface area contributed by atoms with Crippen LogP contribution in [0.25, 0.3) is 0 Å². The van der Waals surface area contributed by atoms with Crippen molar-refractivity contribution in [2.24, 2.45) is 0 Å². The van der Waals surface area contributed by atoms with Crippen molar-refractivity contribution in [2.45, 2.75) is 0 Å². The maximum absolute atomic E-state index is 13.5. The zero-order chi connectivity index (χ0) is 24.1. The molecule has 33 heavy (non-hydrogen) atoms. The number of nitrogens with one attached hydrogen (secondary N) is 2. The number of ether oxygens (including phenoxy) is 3. The van der Waals surface area contributed by atoms with E-state index < -0.39 is 23.4 Å². The highest BCUT2D eigenvalue weighted by atomic mass is 35.5. The van der Waals surface area contributed by atoms with Crippen molar-refractivity contribution in [1.82, 2.24) is 0 Å². The number of amides is 2. The van der Waals surface area contributed by atoms with Crippen LogP contribution in [-0.2, 0) is 0 Å². The minimum atomic E-state index is -1.20. The molecule has 3 aromatic rings. The molecule has 0 unspecified atom stereocenters. The van der Waals surface area contributed by atoms with Gasteiger partial charge in [-0.05, 0) is 42.5 Å². The molecule has 0 aliphatic heterocycles. The zero-order valence-corrected chi connectivity index (χ0v) is 18.5. The van der Waals surface area contributed by atoms with Crippen LogP contribution in [0.2, 0.25) is 5.02 Å². The molecule has 172 valence electrons. The van der Waals surface area contributed by atoms with Gasteiger partial charge in [0.05, 0.1) is 31.9 Å². The fourth-order valence-electron chi connectivity index (χ4n) is 2.99. The van der Waals surface area contributed by atoms with Crippen molar-refractivity contribution in [3.8, 4) is 17.2 Å². The summed E-state index contributed by atoms with van der Waals surface area (Å²) < 4.78 is 42.5. The average Bonchev–Trinajstić information content (AvgIpc) is 2.80. The molecule has 0 saturated heterocycles. The molecule has 0 fully saturated rings. The highest BCUT2D eigenvalue weighted by Crippen LogP contribution is 2.38. The first-order valence-electron chi connectivity index (χ1n) is 9.44. The molecule has 0 aliphatic carbocycles. The molecule has 0 atom stereocenters. The molecule has 0 saturated carbocycles. The topological polar surface area (TPSA) is 85.9 Å². The molecule has 0 heterocycles. The van der Waals surface area contributed by atoms with E-state index in [4.69, 9.17) is 25.8 Å². The molecule has 0 spiro atoms. The first-order chi connectivity index (χ1) is 15.8. The van der Waals surface area contributed by atoms with E-state index in [1.807, 2.05) is 0 Å². The van der Waals surface area contributed by atoms with E-state index in [9.17, 15) is 18.4 Å². The van der Waals surface area contributed by atoms with Crippen LogP contribution in [-0.4, -0.2) is 33.1 Å². The maximum Gasteiger partial charge on any atom is 0.257 e. The molecule has 0 aliphatic rings. The largest absolute Gasteiger partial charge is 0.493 e. The van der Waals surface area contributed by atoms with Gasteiger partial charge in [-0.1, -0.05) is 17.7 Å². The van der Waals surface area contributed by atoms with Gasteiger partial charge in [0.1, 0.15) is 0 Å². The Labute approximate surface area is 193 Å². The van der Waals surface area contributed by atoms with Gasteiger partial charge < -0.3 is 24.8 Å². The van der Waals surface area contributed by atoms with Crippen molar-refractivity contribution in [3.05, 3.63) is 76.3 Å². The third-order valence-corrected chi connectivity index (χ3v) is 4.87. The number of carbonyl (C=O) groups is 2. The van der Waals surface area contributed by atoms with Gasteiger partial charge in [-0.15, -0.1) is 0 Å². The van der Waals surface area contributed by atoms with E-state index >= 15 is 0 Å². The summed E-state index contributed by atoms with van der Waals surface area (Å²) in [4.78, 5) is 25.2. The fraction of sp³-hybridized carbons (Fsp3) is 0.130. The maximum atomic E-state index is 13.5. The van der Waals surface area contributed by atoms with Crippen molar-refractivity contribution < 1.29 is 32.6 Å². The molecule has 2 amide bonds. The van der Waals surface area contributed by atoms with E-state index in [-0.39, 0.29) is 16.1 Å². The Morgan fingerprint density at radius 3 is 1.88 bits per heavy atom. The first-order valence-corrected chi connectivity index (χ1v) is 9.82. The lowest BCUT2D eigenvalue weighted by molar-refractivity contribution is 0.101. The SMILES string of the molecule is COc1cc(C(=O)Nc2cccc(NC(=O)c3cc(F)c(F)cc3Cl)c2)cc(OC)c1OC. The van der Waals surface area contributed by atoms with Crippen LogP contribution < -0.4 is 24.8 Å². The summed E-state index contributed by atoms with van der Waals surface area (Å²) >= 11 is 5.85. The summed E-state index contributed by atoms with van der Waals surface area (Å²) in [6.07, 6.45) is 0. The Morgan fingerprint density at radius 2 is 1.33 bits per heavy atom. The predicted molar refractivity (Wildman–Crippen MR) is 120 cm³/mol. The Balaban J connectivity index is 1.80. The normalized spacial score (nSPS) is 10.4. The molecule has 3 rings (SSSR count). The molecule has 3 aromatic carbocycles. The predicted octanol–water partition coefficient (Wildman–Crippen LogP) is 5.15. The smallest absolute Gasteiger partial charge is 0.257 e. The highest BCUT2D eigenvalue weighted by Gasteiger charge is 2.18. The molecular weight excluding hydrogens is 458 g/mol. The molecule has 7 nitrogen and oxygen atoms in total. The minimum absolute atomic E-state index is 0.234. The summed E-state index contributed by atoms with van der Waals surface area (Å²) in [6.45, 7) is 0. The number of benzene rings is 3. The number of hydrogen-bond donors (Lipinski definition) is 2. The number of methoxy groups -OCH3 is 3. The Hall–Kier alpha value is -3.85. The van der Waals surface area contributed by atoms with Crippen LogP contribution in [0.4, 0.5) is 20.2 Å². The summed E-state index contributed by atoms with van der Waals surface area (Å²) in [6, 6.07) is 10.7. The third-order valence-electron chi connectivity index (χ3n) is 4.56. The van der Waals surface area contributed by atoms with Gasteiger partial charge in [0, 0.05) is 16.9 Å². The van der Waals surface area contributed by atoms with E-state index in [1.165, 1.54) is 39.5 Å². The monoisotopic (exact) mass is 476 g/mol. The Kier molecular flexibility index (Phi) is 7.34. The van der Waals surface area contributed by atoms with Crippen LogP contribution in [0.3, 0.4) is 0 Å². The minimum Gasteiger partial charge on any atom is -0.493 e. The number of anilines is 2. The number of hydrogen-bond acceptors (Lipinski definition) is 5. The van der Waals surface area contributed by atoms with E-state index in [0.717, 1.165) is 6.07 Å². The lowest BCUT2D eigenvalue weighted by atomic mass is 10.1. The fourth-order valence-corrected chi connectivity index (χ4v) is 3.22. The summed E-state index contributed by atoms with van der Waals surface area (Å²) in [7, 11) is 4.32. The van der Waals surface area contributed by atoms with E-state index in [0.29, 0.717) is 34.7 Å². The molecule has 0 aromatic heterocycles. The standard InChI is InChI=1S/C23H19ClF2N2O5/c1-31-19-7-12(8-20(32-2)21(19)33-3)22(29)27-13-5-4-6-14(9-13)28-23(30)15-10-17(25)18(26)11-16(15)24/h4-11H,1-3H3,(H,27,29)(H,28,30). The van der Waals surface area contributed by atoms with Crippen molar-refractivity contribution in [2.75, 3.05) is 32.0 Å². The van der Waals surface area contributed by atoms with Gasteiger partial charge in [-0.25, -0.2) is 8.78 Å². The first kappa shape index (κ1) is 23.8. The van der Waals surface area contributed by atoms with Crippen molar-refractivity contribution >= 4 is 34.8 Å². The van der Waals surface area contributed by atoms with E-state index in [1.54, 1.807) is 18.2 Å².